The van der Waals surface area contributed by atoms with Crippen LogP contribution < -0.4 is 10.6 Å². The molecule has 0 saturated heterocycles. The number of rotatable bonds is 7. The summed E-state index contributed by atoms with van der Waals surface area (Å²) in [5.41, 5.74) is 4.68. The number of pyridine rings is 1. The molecule has 0 unspecified atom stereocenters. The number of Topliss-reactive ketones (excluding diaryl/α,β-unsaturated/α-hetero) is 1. The van der Waals surface area contributed by atoms with E-state index in [2.05, 4.69) is 32.7 Å². The zero-order chi connectivity index (χ0) is 20.9. The van der Waals surface area contributed by atoms with Crippen molar-refractivity contribution < 1.29 is 9.59 Å². The van der Waals surface area contributed by atoms with E-state index in [1.165, 1.54) is 17.9 Å². The van der Waals surface area contributed by atoms with E-state index in [4.69, 9.17) is 0 Å². The number of aromatic amines is 1. The van der Waals surface area contributed by atoms with Crippen molar-refractivity contribution in [2.45, 2.75) is 13.3 Å². The minimum Gasteiger partial charge on any atom is -0.383 e. The summed E-state index contributed by atoms with van der Waals surface area (Å²) >= 11 is 0. The van der Waals surface area contributed by atoms with Crippen molar-refractivity contribution in [2.24, 2.45) is 0 Å². The Balaban J connectivity index is 1.34. The smallest absolute Gasteiger partial charge is 0.274 e. The second kappa shape index (κ2) is 8.61. The minimum absolute atomic E-state index is 0.0488. The molecule has 0 aliphatic heterocycles. The molecule has 1 amide bonds. The molecule has 2 aromatic heterocycles. The molecule has 6 nitrogen and oxygen atoms in total. The topological polar surface area (TPSA) is 86.9 Å². The van der Waals surface area contributed by atoms with Crippen LogP contribution in [0.15, 0.2) is 73.1 Å². The molecule has 150 valence electrons. The average molecular weight is 398 g/mol. The van der Waals surface area contributed by atoms with Gasteiger partial charge in [-0.1, -0.05) is 30.3 Å². The van der Waals surface area contributed by atoms with Gasteiger partial charge in [-0.25, -0.2) is 4.98 Å². The highest BCUT2D eigenvalue weighted by molar-refractivity contribution is 6.04. The predicted octanol–water partition coefficient (Wildman–Crippen LogP) is 4.67. The lowest BCUT2D eigenvalue weighted by molar-refractivity contribution is 0.100. The third-order valence-electron chi connectivity index (χ3n) is 4.92. The number of fused-ring (bicyclic) bond motifs is 1. The van der Waals surface area contributed by atoms with Crippen molar-refractivity contribution >= 4 is 34.0 Å². The molecular formula is C24H22N4O2. The Hall–Kier alpha value is -3.93. The summed E-state index contributed by atoms with van der Waals surface area (Å²) in [6.45, 7) is 2.25. The Labute approximate surface area is 174 Å². The monoisotopic (exact) mass is 398 g/mol. The molecule has 0 atom stereocenters. The van der Waals surface area contributed by atoms with E-state index >= 15 is 0 Å². The van der Waals surface area contributed by atoms with Crippen LogP contribution in [-0.2, 0) is 6.42 Å². The number of hydrogen-bond donors (Lipinski definition) is 3. The number of H-pyrrole nitrogens is 1. The van der Waals surface area contributed by atoms with Crippen LogP contribution in [0.4, 0.5) is 11.4 Å². The van der Waals surface area contributed by atoms with E-state index < -0.39 is 0 Å². The van der Waals surface area contributed by atoms with Gasteiger partial charge in [0.2, 0.25) is 0 Å². The predicted molar refractivity (Wildman–Crippen MR) is 119 cm³/mol. The Morgan fingerprint density at radius 3 is 2.67 bits per heavy atom. The SMILES string of the molecule is CC(=O)c1cccc(NC(=O)c2ccc(NCCc3c[nH]c4ccccc34)cn2)c1. The number of para-hydroxylation sites is 1. The van der Waals surface area contributed by atoms with Gasteiger partial charge in [0.05, 0.1) is 11.9 Å². The maximum Gasteiger partial charge on any atom is 0.274 e. The number of hydrogen-bond acceptors (Lipinski definition) is 4. The highest BCUT2D eigenvalue weighted by Gasteiger charge is 2.09. The first-order chi connectivity index (χ1) is 14.6. The van der Waals surface area contributed by atoms with Gasteiger partial charge < -0.3 is 15.6 Å². The highest BCUT2D eigenvalue weighted by atomic mass is 16.2. The molecular weight excluding hydrogens is 376 g/mol. The van der Waals surface area contributed by atoms with Gasteiger partial charge in [-0.15, -0.1) is 0 Å². The van der Waals surface area contributed by atoms with E-state index in [1.54, 1.807) is 36.5 Å². The lowest BCUT2D eigenvalue weighted by Gasteiger charge is -2.08. The van der Waals surface area contributed by atoms with Crippen LogP contribution in [0, 0.1) is 0 Å². The summed E-state index contributed by atoms with van der Waals surface area (Å²) in [4.78, 5) is 31.4. The molecule has 2 heterocycles. The van der Waals surface area contributed by atoms with Gasteiger partial charge in [0.1, 0.15) is 5.69 Å². The Kier molecular flexibility index (Phi) is 5.57. The molecule has 0 aliphatic carbocycles. The summed E-state index contributed by atoms with van der Waals surface area (Å²) < 4.78 is 0. The van der Waals surface area contributed by atoms with Crippen molar-refractivity contribution in [3.8, 4) is 0 Å². The summed E-state index contributed by atoms with van der Waals surface area (Å²) in [5.74, 6) is -0.367. The number of amides is 1. The van der Waals surface area contributed by atoms with E-state index in [1.807, 2.05) is 24.4 Å². The summed E-state index contributed by atoms with van der Waals surface area (Å²) in [6.07, 6.45) is 4.56. The zero-order valence-corrected chi connectivity index (χ0v) is 16.6. The van der Waals surface area contributed by atoms with Gasteiger partial charge >= 0.3 is 0 Å². The molecule has 0 fully saturated rings. The number of nitrogens with one attached hydrogen (secondary N) is 3. The zero-order valence-electron chi connectivity index (χ0n) is 16.6. The largest absolute Gasteiger partial charge is 0.383 e. The fourth-order valence-electron chi connectivity index (χ4n) is 3.32. The van der Waals surface area contributed by atoms with Crippen molar-refractivity contribution in [2.75, 3.05) is 17.2 Å². The molecule has 6 heteroatoms. The molecule has 2 aromatic carbocycles. The van der Waals surface area contributed by atoms with E-state index in [-0.39, 0.29) is 11.7 Å². The standard InChI is InChI=1S/C24H22N4O2/c1-16(29)17-5-4-6-19(13-17)28-24(30)23-10-9-20(15-27-23)25-12-11-18-14-26-22-8-3-2-7-21(18)22/h2-10,13-15,25-26H,11-12H2,1H3,(H,28,30). The van der Waals surface area contributed by atoms with Crippen LogP contribution in [0.25, 0.3) is 10.9 Å². The first kappa shape index (κ1) is 19.4. The Morgan fingerprint density at radius 2 is 1.87 bits per heavy atom. The fourth-order valence-corrected chi connectivity index (χ4v) is 3.32. The number of aromatic nitrogens is 2. The normalized spacial score (nSPS) is 10.7. The highest BCUT2D eigenvalue weighted by Crippen LogP contribution is 2.18. The van der Waals surface area contributed by atoms with Gasteiger partial charge in [-0.3, -0.25) is 9.59 Å². The average Bonchev–Trinajstić information content (AvgIpc) is 3.17. The lowest BCUT2D eigenvalue weighted by Crippen LogP contribution is -2.14. The Morgan fingerprint density at radius 1 is 1.00 bits per heavy atom. The molecule has 0 spiro atoms. The van der Waals surface area contributed by atoms with Crippen LogP contribution in [0.5, 0.6) is 0 Å². The maximum absolute atomic E-state index is 12.4. The minimum atomic E-state index is -0.318. The summed E-state index contributed by atoms with van der Waals surface area (Å²) in [5, 5.41) is 7.35. The molecule has 30 heavy (non-hydrogen) atoms. The van der Waals surface area contributed by atoms with Gasteiger partial charge in [-0.2, -0.15) is 0 Å². The van der Waals surface area contributed by atoms with Crippen molar-refractivity contribution in [1.82, 2.24) is 9.97 Å². The van der Waals surface area contributed by atoms with Crippen LogP contribution in [0.2, 0.25) is 0 Å². The number of carbonyl (C=O) groups is 2. The summed E-state index contributed by atoms with van der Waals surface area (Å²) in [6, 6.07) is 18.6. The molecule has 4 rings (SSSR count). The third-order valence-corrected chi connectivity index (χ3v) is 4.92. The van der Waals surface area contributed by atoms with E-state index in [0.717, 1.165) is 24.2 Å². The molecule has 0 aliphatic rings. The van der Waals surface area contributed by atoms with E-state index in [9.17, 15) is 9.59 Å². The van der Waals surface area contributed by atoms with Crippen LogP contribution in [-0.4, -0.2) is 28.2 Å². The maximum atomic E-state index is 12.4. The summed E-state index contributed by atoms with van der Waals surface area (Å²) in [7, 11) is 0. The van der Waals surface area contributed by atoms with Crippen molar-refractivity contribution in [1.29, 1.82) is 0 Å². The molecule has 0 saturated carbocycles. The Bertz CT molecular complexity index is 1200. The van der Waals surface area contributed by atoms with E-state index in [0.29, 0.717) is 16.9 Å². The molecule has 0 bridgehead atoms. The van der Waals surface area contributed by atoms with Gasteiger partial charge in [0.15, 0.2) is 5.78 Å². The number of ketones is 1. The quantitative estimate of drug-likeness (QED) is 0.395. The van der Waals surface area contributed by atoms with Gasteiger partial charge in [-0.05, 0) is 49.2 Å². The van der Waals surface area contributed by atoms with Crippen LogP contribution in [0.3, 0.4) is 0 Å². The van der Waals surface area contributed by atoms with Gasteiger partial charge in [0, 0.05) is 34.9 Å². The number of benzene rings is 2. The molecule has 4 aromatic rings. The third kappa shape index (κ3) is 4.38. The number of carbonyl (C=O) groups excluding carboxylic acids is 2. The number of anilines is 2. The van der Waals surface area contributed by atoms with Crippen LogP contribution in [0.1, 0.15) is 33.3 Å². The second-order valence-corrected chi connectivity index (χ2v) is 7.06. The second-order valence-electron chi connectivity index (χ2n) is 7.06. The number of nitrogens with zero attached hydrogens (tertiary/aromatic N) is 1. The van der Waals surface area contributed by atoms with Gasteiger partial charge in [0.25, 0.3) is 5.91 Å². The first-order valence-corrected chi connectivity index (χ1v) is 9.77. The lowest BCUT2D eigenvalue weighted by atomic mass is 10.1. The first-order valence-electron chi connectivity index (χ1n) is 9.77. The fraction of sp³-hybridized carbons (Fsp3) is 0.125. The molecule has 3 N–H and O–H groups in total. The molecule has 0 radical (unpaired) electrons. The van der Waals surface area contributed by atoms with Crippen LogP contribution >= 0.6 is 0 Å². The van der Waals surface area contributed by atoms with Crippen molar-refractivity contribution in [3.63, 3.8) is 0 Å². The van der Waals surface area contributed by atoms with Crippen molar-refractivity contribution in [3.05, 3.63) is 89.9 Å².